The first-order chi connectivity index (χ1) is 39.7. The highest BCUT2D eigenvalue weighted by Gasteiger charge is 2.24. The monoisotopic (exact) mass is 1210 g/mol. The lowest BCUT2D eigenvalue weighted by atomic mass is 9.78. The van der Waals surface area contributed by atoms with Gasteiger partial charge in [-0.3, -0.25) is 0 Å². The molecule has 86 heavy (non-hydrogen) atoms. The third-order valence-corrected chi connectivity index (χ3v) is 19.1. The average molecular weight is 1210 g/mol. The molecule has 0 saturated heterocycles. The first-order valence-electron chi connectivity index (χ1n) is 26.3. The van der Waals surface area contributed by atoms with Crippen molar-refractivity contribution < 1.29 is 48.9 Å². The Morgan fingerprint density at radius 3 is 0.663 bits per heavy atom. The lowest BCUT2D eigenvalue weighted by molar-refractivity contribution is 0.414. The second kappa shape index (κ2) is 29.7. The van der Waals surface area contributed by atoms with Crippen molar-refractivity contribution in [3.05, 3.63) is 270 Å². The molecule has 11 nitrogen and oxygen atoms in total. The van der Waals surface area contributed by atoms with Crippen LogP contribution >= 0.6 is 0 Å². The summed E-state index contributed by atoms with van der Waals surface area (Å²) in [5.41, 5.74) is 7.37. The fraction of sp³-hybridized carbons (Fsp3) is 0.167. The van der Waals surface area contributed by atoms with Crippen molar-refractivity contribution >= 4 is 29.5 Å². The molecule has 0 aliphatic carbocycles. The Bertz CT molecular complexity index is 4080. The smallest absolute Gasteiger partial charge is 0.206 e. The molecule has 0 atom stereocenters. The maximum absolute atomic E-state index is 12.9. The van der Waals surface area contributed by atoms with Crippen LogP contribution in [0, 0.1) is 20.8 Å². The molecular formula is C72H76O11S3. The van der Waals surface area contributed by atoms with Crippen molar-refractivity contribution in [3.8, 4) is 51.4 Å². The summed E-state index contributed by atoms with van der Waals surface area (Å²) in [6.07, 6.45) is 0. The summed E-state index contributed by atoms with van der Waals surface area (Å²) in [6.45, 7) is 10.1. The number of hydrogen-bond donors (Lipinski definition) is 0. The molecule has 0 fully saturated rings. The predicted octanol–water partition coefficient (Wildman–Crippen LogP) is 18.0. The first kappa shape index (κ1) is 67.8. The molecule has 0 bridgehead atoms. The van der Waals surface area contributed by atoms with E-state index in [0.29, 0.717) is 33.6 Å². The number of sulfone groups is 3. The van der Waals surface area contributed by atoms with E-state index in [1.165, 1.54) is 5.56 Å². The quantitative estimate of drug-likeness (QED) is 0.0910. The molecular weight excluding hydrogens is 1140 g/mol. The fourth-order valence-electron chi connectivity index (χ4n) is 8.57. The van der Waals surface area contributed by atoms with Crippen molar-refractivity contribution in [3.63, 3.8) is 0 Å². The van der Waals surface area contributed by atoms with Crippen molar-refractivity contribution in [2.24, 2.45) is 0 Å². The average Bonchev–Trinajstić information content (AvgIpc) is 2.82. The van der Waals surface area contributed by atoms with Crippen molar-refractivity contribution in [2.45, 2.75) is 91.7 Å². The zero-order valence-corrected chi connectivity index (χ0v) is 49.8. The van der Waals surface area contributed by atoms with E-state index in [1.54, 1.807) is 167 Å². The van der Waals surface area contributed by atoms with Gasteiger partial charge in [0.2, 0.25) is 29.5 Å². The fourth-order valence-corrected chi connectivity index (χ4v) is 12.4. The molecule has 10 aromatic carbocycles. The third kappa shape index (κ3) is 16.7. The zero-order chi connectivity index (χ0) is 59.4. The van der Waals surface area contributed by atoms with Gasteiger partial charge in [0.05, 0.1) is 50.7 Å². The summed E-state index contributed by atoms with van der Waals surface area (Å²) in [5, 5.41) is 0. The van der Waals surface area contributed by atoms with E-state index in [-0.39, 0.29) is 52.2 Å². The van der Waals surface area contributed by atoms with Gasteiger partial charge >= 0.3 is 0 Å². The van der Waals surface area contributed by atoms with Crippen molar-refractivity contribution in [1.82, 2.24) is 0 Å². The van der Waals surface area contributed by atoms with Crippen LogP contribution in [0.4, 0.5) is 0 Å². The zero-order valence-electron chi connectivity index (χ0n) is 47.3. The van der Waals surface area contributed by atoms with Crippen molar-refractivity contribution in [1.29, 1.82) is 0 Å². The molecule has 0 N–H and O–H groups in total. The van der Waals surface area contributed by atoms with Gasteiger partial charge in [-0.1, -0.05) is 138 Å². The second-order valence-corrected chi connectivity index (χ2v) is 25.8. The summed E-state index contributed by atoms with van der Waals surface area (Å²) in [4.78, 5) is 1.60. The molecule has 0 aromatic heterocycles. The van der Waals surface area contributed by atoms with E-state index >= 15 is 0 Å². The van der Waals surface area contributed by atoms with Gasteiger partial charge in [0.1, 0.15) is 40.2 Å². The lowest BCUT2D eigenvalue weighted by Crippen LogP contribution is -2.18. The van der Waals surface area contributed by atoms with Crippen LogP contribution in [0.2, 0.25) is 0 Å². The minimum atomic E-state index is -3.56. The summed E-state index contributed by atoms with van der Waals surface area (Å²) >= 11 is 0. The van der Waals surface area contributed by atoms with Crippen LogP contribution in [-0.2, 0) is 34.9 Å². The van der Waals surface area contributed by atoms with Gasteiger partial charge in [0.25, 0.3) is 0 Å². The third-order valence-electron chi connectivity index (χ3n) is 13.8. The van der Waals surface area contributed by atoms with E-state index in [4.69, 9.17) is 23.7 Å². The maximum Gasteiger partial charge on any atom is 0.206 e. The number of rotatable bonds is 16. The van der Waals surface area contributed by atoms with Crippen LogP contribution in [0.1, 0.15) is 63.9 Å². The molecule has 10 rings (SSSR count). The molecule has 0 saturated carbocycles. The van der Waals surface area contributed by atoms with Gasteiger partial charge in [-0.25, -0.2) is 25.3 Å². The molecule has 0 aliphatic rings. The topological polar surface area (TPSA) is 149 Å². The molecule has 448 valence electrons. The highest BCUT2D eigenvalue weighted by Crippen LogP contribution is 2.35. The van der Waals surface area contributed by atoms with Crippen molar-refractivity contribution in [2.75, 3.05) is 21.3 Å². The van der Waals surface area contributed by atoms with Gasteiger partial charge in [-0.05, 0) is 201 Å². The Morgan fingerprint density at radius 1 is 0.256 bits per heavy atom. The highest BCUT2D eigenvalue weighted by molar-refractivity contribution is 7.92. The summed E-state index contributed by atoms with van der Waals surface area (Å²) in [6, 6.07) is 71.5. The minimum absolute atomic E-state index is 0. The molecule has 0 amide bonds. The molecule has 0 radical (unpaired) electrons. The van der Waals surface area contributed by atoms with Crippen LogP contribution < -0.4 is 23.7 Å². The molecule has 14 heteroatoms. The molecule has 0 heterocycles. The number of methoxy groups -OCH3 is 3. The van der Waals surface area contributed by atoms with Crippen LogP contribution in [0.3, 0.4) is 0 Å². The largest absolute Gasteiger partial charge is 0.497 e. The normalized spacial score (nSPS) is 11.0. The Labute approximate surface area is 510 Å². The van der Waals surface area contributed by atoms with E-state index in [0.717, 1.165) is 44.9 Å². The SMILES string of the molecule is C.C.C.COc1ccc(-c2ccc(Oc3ccc(S(=O)(=O)c4ccc(C)cc4)cc3)cc2)cc1.COc1ccc(C(C)(C)c2ccc(Oc3ccc(S(=O)(=O)c4ccc(C)cc4)cc3)cc2)cc1.COc1ccc(S(=O)(=O)c2ccc(C)cc2)cc1. The second-order valence-electron chi connectivity index (χ2n) is 19.9. The molecule has 0 aliphatic heterocycles. The van der Waals surface area contributed by atoms with E-state index < -0.39 is 29.5 Å². The summed E-state index contributed by atoms with van der Waals surface area (Å²) in [5.74, 6) is 4.79. The Balaban J connectivity index is 0.000000241. The van der Waals surface area contributed by atoms with E-state index in [1.807, 2.05) is 93.6 Å². The van der Waals surface area contributed by atoms with Gasteiger partial charge in [-0.2, -0.15) is 0 Å². The number of ether oxygens (including phenoxy) is 5. The van der Waals surface area contributed by atoms with Crippen LogP contribution in [0.25, 0.3) is 11.1 Å². The van der Waals surface area contributed by atoms with Crippen LogP contribution in [0.15, 0.2) is 272 Å². The lowest BCUT2D eigenvalue weighted by Gasteiger charge is -2.26. The number of benzene rings is 10. The number of aryl methyl sites for hydroxylation is 3. The van der Waals surface area contributed by atoms with E-state index in [2.05, 4.69) is 38.1 Å². The Kier molecular flexibility index (Phi) is 23.4. The van der Waals surface area contributed by atoms with Gasteiger partial charge in [-0.15, -0.1) is 0 Å². The van der Waals surface area contributed by atoms with Gasteiger partial charge < -0.3 is 23.7 Å². The van der Waals surface area contributed by atoms with E-state index in [9.17, 15) is 25.3 Å². The molecule has 0 unspecified atom stereocenters. The molecule has 0 spiro atoms. The van der Waals surface area contributed by atoms with Gasteiger partial charge in [0, 0.05) is 5.41 Å². The van der Waals surface area contributed by atoms with Crippen LogP contribution in [-0.4, -0.2) is 46.6 Å². The van der Waals surface area contributed by atoms with Crippen LogP contribution in [0.5, 0.6) is 40.2 Å². The highest BCUT2D eigenvalue weighted by atomic mass is 32.2. The summed E-state index contributed by atoms with van der Waals surface area (Å²) in [7, 11) is -5.70. The standard InChI is InChI=1S/C29H28O4S.C26H22O4S.C14H14O3S.3CH4/c1-21-5-17-27(18-6-21)34(30,31)28-19-15-26(16-20-28)33-25-13-9-23(10-14-25)29(2,3)22-7-11-24(32-4)12-8-22;1-19-3-15-25(16-4-19)31(27,28)26-17-13-24(14-18-26)30-23-11-7-21(8-12-23)20-5-9-22(29-2)10-6-20;1-11-3-7-13(8-4-11)18(15,16)14-9-5-12(17-2)6-10-14;;;/h5-20H,1-4H3;3-18H,1-2H3;3-10H,1-2H3;3*1H4. The minimum Gasteiger partial charge on any atom is -0.497 e. The predicted molar refractivity (Wildman–Crippen MR) is 346 cm³/mol. The Morgan fingerprint density at radius 2 is 0.430 bits per heavy atom. The van der Waals surface area contributed by atoms with Gasteiger partial charge in [0.15, 0.2) is 0 Å². The maximum atomic E-state index is 12.9. The summed E-state index contributed by atoms with van der Waals surface area (Å²) < 4.78 is 103. The number of hydrogen-bond acceptors (Lipinski definition) is 11. The molecule has 10 aromatic rings. The Hall–Kier alpha value is -8.95. The first-order valence-corrected chi connectivity index (χ1v) is 30.8.